The Morgan fingerprint density at radius 3 is 2.62 bits per heavy atom. The Kier molecular flexibility index (Phi) is 5.92. The zero-order chi connectivity index (χ0) is 17.7. The second kappa shape index (κ2) is 7.92. The summed E-state index contributed by atoms with van der Waals surface area (Å²) in [5.41, 5.74) is 2.34. The smallest absolute Gasteiger partial charge is 0.283 e. The third-order valence-electron chi connectivity index (χ3n) is 3.82. The maximum atomic E-state index is 12.2. The summed E-state index contributed by atoms with van der Waals surface area (Å²) in [7, 11) is 0. The van der Waals surface area contributed by atoms with Crippen molar-refractivity contribution in [3.8, 4) is 0 Å². The highest BCUT2D eigenvalue weighted by molar-refractivity contribution is 7.14. The molecular weight excluding hydrogens is 326 g/mol. The summed E-state index contributed by atoms with van der Waals surface area (Å²) in [6.45, 7) is 7.77. The monoisotopic (exact) mass is 347 g/mol. The van der Waals surface area contributed by atoms with Crippen molar-refractivity contribution in [2.75, 3.05) is 24.5 Å². The van der Waals surface area contributed by atoms with E-state index in [1.807, 2.05) is 12.1 Å². The SMILES string of the molecule is CCN(CCNC(=O)c1cc([N+](=O)[O-])c(C)s1)c1ccccc1C. The minimum Gasteiger partial charge on any atom is -0.370 e. The van der Waals surface area contributed by atoms with Gasteiger partial charge in [-0.15, -0.1) is 11.3 Å². The van der Waals surface area contributed by atoms with Gasteiger partial charge in [0.2, 0.25) is 0 Å². The fraction of sp³-hybridized carbons (Fsp3) is 0.353. The summed E-state index contributed by atoms with van der Waals surface area (Å²) in [5.74, 6) is -0.267. The Bertz CT molecular complexity index is 742. The molecule has 0 saturated heterocycles. The van der Waals surface area contributed by atoms with E-state index in [0.717, 1.165) is 23.6 Å². The van der Waals surface area contributed by atoms with Gasteiger partial charge in [-0.1, -0.05) is 18.2 Å². The summed E-state index contributed by atoms with van der Waals surface area (Å²) >= 11 is 1.15. The molecule has 0 bridgehead atoms. The summed E-state index contributed by atoms with van der Waals surface area (Å²) < 4.78 is 0. The lowest BCUT2D eigenvalue weighted by molar-refractivity contribution is -0.385. The van der Waals surface area contributed by atoms with Crippen LogP contribution in [-0.2, 0) is 0 Å². The van der Waals surface area contributed by atoms with Gasteiger partial charge in [0.05, 0.1) is 14.7 Å². The predicted molar refractivity (Wildman–Crippen MR) is 97.1 cm³/mol. The number of anilines is 1. The van der Waals surface area contributed by atoms with E-state index in [9.17, 15) is 14.9 Å². The first-order valence-corrected chi connectivity index (χ1v) is 8.59. The molecule has 128 valence electrons. The van der Waals surface area contributed by atoms with Crippen molar-refractivity contribution in [2.24, 2.45) is 0 Å². The number of hydrogen-bond acceptors (Lipinski definition) is 5. The first-order chi connectivity index (χ1) is 11.4. The van der Waals surface area contributed by atoms with Crippen LogP contribution < -0.4 is 10.2 Å². The molecule has 0 fully saturated rings. The number of nitro groups is 1. The van der Waals surface area contributed by atoms with Gasteiger partial charge in [0.25, 0.3) is 11.6 Å². The minimum atomic E-state index is -0.459. The molecule has 0 unspecified atom stereocenters. The number of hydrogen-bond donors (Lipinski definition) is 1. The molecule has 0 atom stereocenters. The number of thiophene rings is 1. The Hall–Kier alpha value is -2.41. The van der Waals surface area contributed by atoms with Crippen LogP contribution in [0.4, 0.5) is 11.4 Å². The van der Waals surface area contributed by atoms with Crippen molar-refractivity contribution in [3.05, 3.63) is 55.8 Å². The first kappa shape index (κ1) is 17.9. The van der Waals surface area contributed by atoms with Gasteiger partial charge >= 0.3 is 0 Å². The van der Waals surface area contributed by atoms with E-state index in [2.05, 4.69) is 36.2 Å². The summed E-state index contributed by atoms with van der Waals surface area (Å²) in [5, 5.41) is 13.7. The van der Waals surface area contributed by atoms with Crippen molar-refractivity contribution < 1.29 is 9.72 Å². The minimum absolute atomic E-state index is 0.000227. The normalized spacial score (nSPS) is 10.5. The van der Waals surface area contributed by atoms with Gasteiger partial charge in [-0.05, 0) is 32.4 Å². The molecule has 2 rings (SSSR count). The number of likely N-dealkylation sites (N-methyl/N-ethyl adjacent to an activating group) is 1. The standard InChI is InChI=1S/C17H21N3O3S/c1-4-19(14-8-6-5-7-12(14)2)10-9-18-17(21)16-11-15(20(22)23)13(3)24-16/h5-8,11H,4,9-10H2,1-3H3,(H,18,21). The maximum absolute atomic E-state index is 12.2. The van der Waals surface area contributed by atoms with Gasteiger partial charge in [-0.3, -0.25) is 14.9 Å². The van der Waals surface area contributed by atoms with Gasteiger partial charge in [0.1, 0.15) is 0 Å². The van der Waals surface area contributed by atoms with Gasteiger partial charge < -0.3 is 10.2 Å². The molecule has 1 amide bonds. The van der Waals surface area contributed by atoms with E-state index < -0.39 is 4.92 Å². The number of aryl methyl sites for hydroxylation is 2. The van der Waals surface area contributed by atoms with Gasteiger partial charge in [0.15, 0.2) is 0 Å². The molecule has 0 aliphatic carbocycles. The van der Waals surface area contributed by atoms with Crippen LogP contribution in [0.2, 0.25) is 0 Å². The van der Waals surface area contributed by atoms with Crippen LogP contribution in [0.3, 0.4) is 0 Å². The number of nitrogens with zero attached hydrogens (tertiary/aromatic N) is 2. The van der Waals surface area contributed by atoms with E-state index in [4.69, 9.17) is 0 Å². The third kappa shape index (κ3) is 4.11. The van der Waals surface area contributed by atoms with Crippen LogP contribution in [0.1, 0.15) is 27.0 Å². The van der Waals surface area contributed by atoms with Crippen molar-refractivity contribution in [1.29, 1.82) is 0 Å². The highest BCUT2D eigenvalue weighted by Gasteiger charge is 2.19. The van der Waals surface area contributed by atoms with Gasteiger partial charge in [-0.2, -0.15) is 0 Å². The maximum Gasteiger partial charge on any atom is 0.283 e. The van der Waals surface area contributed by atoms with E-state index in [1.165, 1.54) is 11.6 Å². The molecule has 2 aromatic rings. The molecule has 24 heavy (non-hydrogen) atoms. The average molecular weight is 347 g/mol. The quantitative estimate of drug-likeness (QED) is 0.614. The number of amides is 1. The second-order valence-electron chi connectivity index (χ2n) is 5.43. The molecule has 7 heteroatoms. The highest BCUT2D eigenvalue weighted by atomic mass is 32.1. The Labute approximate surface area is 145 Å². The molecule has 0 aliphatic heterocycles. The lowest BCUT2D eigenvalue weighted by atomic mass is 10.2. The number of benzene rings is 1. The van der Waals surface area contributed by atoms with Crippen LogP contribution >= 0.6 is 11.3 Å². The molecular formula is C17H21N3O3S. The van der Waals surface area contributed by atoms with Crippen LogP contribution in [-0.4, -0.2) is 30.5 Å². The number of nitrogens with one attached hydrogen (secondary N) is 1. The molecule has 6 nitrogen and oxygen atoms in total. The average Bonchev–Trinajstić information content (AvgIpc) is 2.94. The molecule has 0 spiro atoms. The van der Waals surface area contributed by atoms with Crippen LogP contribution in [0, 0.1) is 24.0 Å². The van der Waals surface area contributed by atoms with Crippen molar-refractivity contribution in [1.82, 2.24) is 5.32 Å². The number of rotatable bonds is 7. The molecule has 0 saturated carbocycles. The Morgan fingerprint density at radius 2 is 2.04 bits per heavy atom. The Balaban J connectivity index is 1.95. The lowest BCUT2D eigenvalue weighted by Crippen LogP contribution is -2.35. The summed E-state index contributed by atoms with van der Waals surface area (Å²) in [6, 6.07) is 9.46. The second-order valence-corrected chi connectivity index (χ2v) is 6.69. The molecule has 1 N–H and O–H groups in total. The molecule has 1 aromatic carbocycles. The summed E-state index contributed by atoms with van der Waals surface area (Å²) in [4.78, 5) is 25.7. The number of carbonyl (C=O) groups is 1. The van der Waals surface area contributed by atoms with E-state index >= 15 is 0 Å². The van der Waals surface area contributed by atoms with Gasteiger partial charge in [-0.25, -0.2) is 0 Å². The van der Waals surface area contributed by atoms with E-state index in [0.29, 0.717) is 22.8 Å². The van der Waals surface area contributed by atoms with Crippen LogP contribution in [0.5, 0.6) is 0 Å². The molecule has 1 aromatic heterocycles. The zero-order valence-electron chi connectivity index (χ0n) is 14.0. The number of carbonyl (C=O) groups excluding carboxylic acids is 1. The lowest BCUT2D eigenvalue weighted by Gasteiger charge is -2.25. The van der Waals surface area contributed by atoms with E-state index in [-0.39, 0.29) is 11.6 Å². The number of para-hydroxylation sites is 1. The first-order valence-electron chi connectivity index (χ1n) is 7.77. The highest BCUT2D eigenvalue weighted by Crippen LogP contribution is 2.27. The molecule has 0 radical (unpaired) electrons. The Morgan fingerprint density at radius 1 is 1.33 bits per heavy atom. The van der Waals surface area contributed by atoms with Crippen LogP contribution in [0.15, 0.2) is 30.3 Å². The van der Waals surface area contributed by atoms with Crippen molar-refractivity contribution >= 4 is 28.6 Å². The van der Waals surface area contributed by atoms with Crippen molar-refractivity contribution in [2.45, 2.75) is 20.8 Å². The van der Waals surface area contributed by atoms with Crippen molar-refractivity contribution in [3.63, 3.8) is 0 Å². The fourth-order valence-corrected chi connectivity index (χ4v) is 3.43. The molecule has 1 heterocycles. The van der Waals surface area contributed by atoms with E-state index in [1.54, 1.807) is 6.92 Å². The predicted octanol–water partition coefficient (Wildman–Crippen LogP) is 3.53. The summed E-state index contributed by atoms with van der Waals surface area (Å²) in [6.07, 6.45) is 0. The zero-order valence-corrected chi connectivity index (χ0v) is 14.9. The fourth-order valence-electron chi connectivity index (χ4n) is 2.52. The third-order valence-corrected chi connectivity index (χ3v) is 4.86. The largest absolute Gasteiger partial charge is 0.370 e. The van der Waals surface area contributed by atoms with Gasteiger partial charge in [0, 0.05) is 31.4 Å². The topological polar surface area (TPSA) is 75.5 Å². The molecule has 0 aliphatic rings. The van der Waals surface area contributed by atoms with Crippen LogP contribution in [0.25, 0.3) is 0 Å².